The summed E-state index contributed by atoms with van der Waals surface area (Å²) in [6.07, 6.45) is 2.06. The predicted octanol–water partition coefficient (Wildman–Crippen LogP) is 3.51. The molecule has 0 spiro atoms. The Bertz CT molecular complexity index is 1550. The summed E-state index contributed by atoms with van der Waals surface area (Å²) in [4.78, 5) is 37.7. The predicted molar refractivity (Wildman–Crippen MR) is 133 cm³/mol. The monoisotopic (exact) mass is 516 g/mol. The normalized spacial score (nSPS) is 19.9. The number of nitrogens with one attached hydrogen (secondary N) is 3. The van der Waals surface area contributed by atoms with Gasteiger partial charge in [-0.15, -0.1) is 0 Å². The van der Waals surface area contributed by atoms with E-state index in [-0.39, 0.29) is 40.0 Å². The Morgan fingerprint density at radius 3 is 2.75 bits per heavy atom. The van der Waals surface area contributed by atoms with Crippen LogP contribution in [0.15, 0.2) is 15.7 Å². The molecular formula is C25H26F2N4O4S. The van der Waals surface area contributed by atoms with Gasteiger partial charge in [0.2, 0.25) is 5.43 Å². The molecule has 8 nitrogen and oxygen atoms in total. The van der Waals surface area contributed by atoms with Gasteiger partial charge in [-0.05, 0) is 57.6 Å². The summed E-state index contributed by atoms with van der Waals surface area (Å²) in [7, 11) is 0. The number of fused-ring (bicyclic) bond motifs is 2. The first-order valence-electron chi connectivity index (χ1n) is 11.8. The molecule has 1 saturated carbocycles. The van der Waals surface area contributed by atoms with E-state index in [9.17, 15) is 18.8 Å². The van der Waals surface area contributed by atoms with Gasteiger partial charge >= 0.3 is 6.09 Å². The zero-order valence-corrected chi connectivity index (χ0v) is 20.9. The molecule has 1 amide bonds. The van der Waals surface area contributed by atoms with Crippen molar-refractivity contribution in [2.75, 3.05) is 6.54 Å². The van der Waals surface area contributed by atoms with Crippen molar-refractivity contribution in [3.8, 4) is 11.8 Å². The largest absolute Gasteiger partial charge is 0.444 e. The van der Waals surface area contributed by atoms with Crippen molar-refractivity contribution in [1.29, 1.82) is 0 Å². The van der Waals surface area contributed by atoms with Crippen LogP contribution in [0.3, 0.4) is 0 Å². The van der Waals surface area contributed by atoms with Crippen molar-refractivity contribution in [2.24, 2.45) is 0 Å². The minimum Gasteiger partial charge on any atom is -0.444 e. The number of rotatable bonds is 3. The molecule has 0 bridgehead atoms. The minimum atomic E-state index is -1.18. The first-order chi connectivity index (χ1) is 17.0. The number of ether oxygens (including phenoxy) is 1. The Kier molecular flexibility index (Phi) is 6.12. The molecule has 2 fully saturated rings. The summed E-state index contributed by atoms with van der Waals surface area (Å²) in [6, 6.07) is 0.651. The summed E-state index contributed by atoms with van der Waals surface area (Å²) in [5.74, 6) is 3.40. The number of halogens is 2. The van der Waals surface area contributed by atoms with Crippen LogP contribution in [0.1, 0.15) is 58.1 Å². The van der Waals surface area contributed by atoms with Crippen molar-refractivity contribution in [3.05, 3.63) is 43.8 Å². The molecule has 1 aliphatic heterocycles. The van der Waals surface area contributed by atoms with Gasteiger partial charge in [0.1, 0.15) is 15.8 Å². The first kappa shape index (κ1) is 24.5. The minimum absolute atomic E-state index is 0.0105. The Hall–Kier alpha value is -3.23. The van der Waals surface area contributed by atoms with Crippen LogP contribution in [-0.2, 0) is 4.74 Å². The quantitative estimate of drug-likeness (QED) is 0.462. The number of aromatic nitrogens is 2. The molecule has 11 heteroatoms. The molecule has 1 aliphatic carbocycles. The Morgan fingerprint density at radius 1 is 1.31 bits per heavy atom. The maximum atomic E-state index is 15.0. The number of pyridine rings is 1. The molecule has 3 N–H and O–H groups in total. The van der Waals surface area contributed by atoms with Crippen LogP contribution in [0.2, 0.25) is 0 Å². The number of nitrogens with zero attached hydrogens (tertiary/aromatic N) is 1. The highest BCUT2D eigenvalue weighted by Gasteiger charge is 2.31. The van der Waals surface area contributed by atoms with E-state index >= 15 is 4.39 Å². The summed E-state index contributed by atoms with van der Waals surface area (Å²) < 4.78 is 39.2. The lowest BCUT2D eigenvalue weighted by atomic mass is 10.1. The number of carbonyl (C=O) groups excluding carboxylic acids is 1. The van der Waals surface area contributed by atoms with Crippen LogP contribution in [0.25, 0.3) is 21.1 Å². The van der Waals surface area contributed by atoms with E-state index in [4.69, 9.17) is 4.74 Å². The maximum absolute atomic E-state index is 15.0. The van der Waals surface area contributed by atoms with E-state index in [0.29, 0.717) is 24.2 Å². The second-order valence-corrected chi connectivity index (χ2v) is 11.1. The molecule has 5 rings (SSSR count). The van der Waals surface area contributed by atoms with Gasteiger partial charge in [0.05, 0.1) is 16.5 Å². The van der Waals surface area contributed by atoms with Crippen molar-refractivity contribution < 1.29 is 18.3 Å². The number of carbonyl (C=O) groups is 1. The zero-order chi connectivity index (χ0) is 25.8. The van der Waals surface area contributed by atoms with E-state index in [2.05, 4.69) is 26.8 Å². The molecular weight excluding hydrogens is 490 g/mol. The Labute approximate surface area is 209 Å². The highest BCUT2D eigenvalue weighted by Crippen LogP contribution is 2.41. The van der Waals surface area contributed by atoms with E-state index in [1.165, 1.54) is 0 Å². The van der Waals surface area contributed by atoms with Crippen LogP contribution < -0.4 is 21.6 Å². The third kappa shape index (κ3) is 4.63. The van der Waals surface area contributed by atoms with Gasteiger partial charge in [-0.25, -0.2) is 13.6 Å². The van der Waals surface area contributed by atoms with Crippen LogP contribution in [0.5, 0.6) is 0 Å². The fraction of sp³-hybridized carbons (Fsp3) is 0.480. The summed E-state index contributed by atoms with van der Waals surface area (Å²) >= 11 is 1.02. The Morgan fingerprint density at radius 2 is 2.06 bits per heavy atom. The van der Waals surface area contributed by atoms with E-state index in [0.717, 1.165) is 30.4 Å². The molecule has 36 heavy (non-hydrogen) atoms. The number of aromatic amines is 1. The van der Waals surface area contributed by atoms with Crippen LogP contribution in [-0.4, -0.2) is 39.3 Å². The van der Waals surface area contributed by atoms with Gasteiger partial charge in [0.25, 0.3) is 5.56 Å². The van der Waals surface area contributed by atoms with Gasteiger partial charge < -0.3 is 19.9 Å². The highest BCUT2D eigenvalue weighted by atomic mass is 32.1. The van der Waals surface area contributed by atoms with Crippen molar-refractivity contribution in [1.82, 2.24) is 19.6 Å². The fourth-order valence-electron chi connectivity index (χ4n) is 4.56. The number of hydrogen-bond acceptors (Lipinski definition) is 6. The van der Waals surface area contributed by atoms with E-state index in [1.807, 2.05) is 0 Å². The summed E-state index contributed by atoms with van der Waals surface area (Å²) in [6.45, 7) is 5.90. The number of H-pyrrole nitrogens is 1. The van der Waals surface area contributed by atoms with Crippen molar-refractivity contribution >= 4 is 38.7 Å². The first-order valence-corrected chi connectivity index (χ1v) is 12.6. The molecule has 0 radical (unpaired) electrons. The van der Waals surface area contributed by atoms with Gasteiger partial charge in [0, 0.05) is 31.1 Å². The second-order valence-electron chi connectivity index (χ2n) is 10.3. The molecule has 2 unspecified atom stereocenters. The average Bonchev–Trinajstić information content (AvgIpc) is 3.41. The molecule has 1 saturated heterocycles. The van der Waals surface area contributed by atoms with Gasteiger partial charge in [0.15, 0.2) is 11.6 Å². The van der Waals surface area contributed by atoms with Crippen molar-refractivity contribution in [3.63, 3.8) is 0 Å². The standard InChI is InChI=1S/C25H26F2N4O4S/c1-25(2,3)35-24(34)29-13-9-12(28-11-13)5-4-6-15-19(27)17(26)10-16-20(15)31(14-7-8-14)23-18(21(16)32)22(33)30-36-23/h10,12-14,28H,5,7-9,11H2,1-3H3,(H,29,34)(H,30,33). The second kappa shape index (κ2) is 9.01. The lowest BCUT2D eigenvalue weighted by Crippen LogP contribution is -2.40. The smallest absolute Gasteiger partial charge is 0.407 e. The molecule has 2 aliphatic rings. The molecule has 1 aromatic carbocycles. The van der Waals surface area contributed by atoms with Gasteiger partial charge in [-0.1, -0.05) is 11.8 Å². The SMILES string of the molecule is CC(C)(C)OC(=O)NC1CNC(CC#Cc2c(F)c(F)cc3c(=O)c4c(=O)[nH]sc4n(C4CC4)c23)C1. The van der Waals surface area contributed by atoms with Gasteiger partial charge in [-0.2, -0.15) is 0 Å². The highest BCUT2D eigenvalue weighted by molar-refractivity contribution is 7.12. The Balaban J connectivity index is 1.45. The lowest BCUT2D eigenvalue weighted by Gasteiger charge is -2.21. The van der Waals surface area contributed by atoms with E-state index < -0.39 is 34.3 Å². The van der Waals surface area contributed by atoms with Crippen LogP contribution in [0.4, 0.5) is 13.6 Å². The molecule has 190 valence electrons. The molecule has 2 atom stereocenters. The third-order valence-electron chi connectivity index (χ3n) is 6.22. The molecule has 2 aromatic heterocycles. The van der Waals surface area contributed by atoms with Crippen LogP contribution in [0, 0.1) is 23.5 Å². The maximum Gasteiger partial charge on any atom is 0.407 e. The zero-order valence-electron chi connectivity index (χ0n) is 20.1. The van der Waals surface area contributed by atoms with Gasteiger partial charge in [-0.3, -0.25) is 14.0 Å². The van der Waals surface area contributed by atoms with Crippen molar-refractivity contribution in [2.45, 2.75) is 70.2 Å². The summed E-state index contributed by atoms with van der Waals surface area (Å²) in [5.41, 5.74) is -1.72. The number of amides is 1. The lowest BCUT2D eigenvalue weighted by molar-refractivity contribution is 0.0508. The fourth-order valence-corrected chi connectivity index (χ4v) is 5.47. The number of alkyl carbamates (subject to hydrolysis) is 1. The number of hydrogen-bond donors (Lipinski definition) is 3. The third-order valence-corrected chi connectivity index (χ3v) is 7.10. The molecule has 3 heterocycles. The summed E-state index contributed by atoms with van der Waals surface area (Å²) in [5, 5.41) is 5.99. The molecule has 3 aromatic rings. The van der Waals surface area contributed by atoms with E-state index in [1.54, 1.807) is 25.3 Å². The average molecular weight is 517 g/mol. The number of benzene rings is 1. The topological polar surface area (TPSA) is 105 Å². The van der Waals surface area contributed by atoms with Crippen LogP contribution >= 0.6 is 11.5 Å².